The lowest BCUT2D eigenvalue weighted by Crippen LogP contribution is -2.12. The molecule has 0 heterocycles. The maximum atomic E-state index is 11.3. The van der Waals surface area contributed by atoms with Crippen LogP contribution in [0, 0.1) is 0 Å². The molecule has 0 aromatic heterocycles. The molecular weight excluding hydrogens is 352 g/mol. The summed E-state index contributed by atoms with van der Waals surface area (Å²) in [7, 11) is 0. The first-order valence-corrected chi connectivity index (χ1v) is 7.86. The van der Waals surface area contributed by atoms with Crippen molar-refractivity contribution < 1.29 is 4.79 Å². The number of fused-ring (bicyclic) bond motifs is 1. The summed E-state index contributed by atoms with van der Waals surface area (Å²) in [5.74, 6) is -0.453. The topological polar surface area (TPSA) is 55.1 Å². The molecule has 5 heteroatoms. The van der Waals surface area contributed by atoms with Gasteiger partial charge in [0.05, 0.1) is 16.8 Å². The van der Waals surface area contributed by atoms with Crippen LogP contribution in [0.25, 0.3) is 0 Å². The molecule has 3 rings (SSSR count). The Morgan fingerprint density at radius 3 is 2.86 bits per heavy atom. The Morgan fingerprint density at radius 2 is 2.10 bits per heavy atom. The van der Waals surface area contributed by atoms with Gasteiger partial charge in [0.25, 0.3) is 0 Å². The molecule has 1 aliphatic rings. The smallest absolute Gasteiger partial charge is 0.248 e. The molecule has 2 aromatic carbocycles. The van der Waals surface area contributed by atoms with E-state index in [1.807, 2.05) is 6.07 Å². The van der Waals surface area contributed by atoms with Gasteiger partial charge in [0.1, 0.15) is 0 Å². The van der Waals surface area contributed by atoms with Gasteiger partial charge in [-0.15, -0.1) is 0 Å². The summed E-state index contributed by atoms with van der Waals surface area (Å²) >= 11 is 9.71. The molecule has 2 aromatic rings. The number of amides is 1. The second-order valence-corrected chi connectivity index (χ2v) is 6.46. The summed E-state index contributed by atoms with van der Waals surface area (Å²) in [6, 6.07) is 11.6. The highest BCUT2D eigenvalue weighted by atomic mass is 79.9. The number of anilines is 1. The molecule has 0 bridgehead atoms. The Bertz CT molecular complexity index is 717. The fourth-order valence-electron chi connectivity index (χ4n) is 2.71. The first kappa shape index (κ1) is 14.4. The number of nitrogens with two attached hydrogens (primary N) is 1. The first-order valence-electron chi connectivity index (χ1n) is 6.69. The zero-order valence-corrected chi connectivity index (χ0v) is 13.5. The molecule has 0 spiro atoms. The van der Waals surface area contributed by atoms with Crippen LogP contribution >= 0.6 is 27.5 Å². The molecule has 0 radical (unpaired) electrons. The summed E-state index contributed by atoms with van der Waals surface area (Å²) < 4.78 is 1.09. The van der Waals surface area contributed by atoms with Crippen LogP contribution in [0.15, 0.2) is 40.9 Å². The van der Waals surface area contributed by atoms with Crippen molar-refractivity contribution in [3.8, 4) is 0 Å². The number of hydrogen-bond donors (Lipinski definition) is 2. The van der Waals surface area contributed by atoms with E-state index < -0.39 is 5.91 Å². The second-order valence-electron chi connectivity index (χ2n) is 5.14. The number of primary amides is 1. The van der Waals surface area contributed by atoms with Crippen LogP contribution in [0.2, 0.25) is 5.02 Å². The lowest BCUT2D eigenvalue weighted by atomic mass is 10.1. The summed E-state index contributed by atoms with van der Waals surface area (Å²) in [4.78, 5) is 11.3. The van der Waals surface area contributed by atoms with Crippen molar-refractivity contribution in [1.29, 1.82) is 0 Å². The molecular formula is C16H14BrClN2O. The Morgan fingerprint density at radius 1 is 1.29 bits per heavy atom. The highest BCUT2D eigenvalue weighted by molar-refractivity contribution is 9.10. The number of aryl methyl sites for hydroxylation is 1. The van der Waals surface area contributed by atoms with Crippen molar-refractivity contribution in [2.75, 3.05) is 5.32 Å². The van der Waals surface area contributed by atoms with Crippen molar-refractivity contribution in [2.45, 2.75) is 18.9 Å². The minimum atomic E-state index is -0.453. The van der Waals surface area contributed by atoms with Crippen molar-refractivity contribution in [2.24, 2.45) is 5.73 Å². The molecule has 1 atom stereocenters. The fraction of sp³-hybridized carbons (Fsp3) is 0.188. The molecule has 3 N–H and O–H groups in total. The third-order valence-corrected chi connectivity index (χ3v) is 4.59. The van der Waals surface area contributed by atoms with Crippen LogP contribution < -0.4 is 11.1 Å². The second kappa shape index (κ2) is 5.70. The zero-order valence-electron chi connectivity index (χ0n) is 11.2. The van der Waals surface area contributed by atoms with Crippen molar-refractivity contribution in [3.63, 3.8) is 0 Å². The SMILES string of the molecule is NC(=O)c1ccc(Cl)c(NC2CCc3cc(Br)ccc32)c1. The number of benzene rings is 2. The van der Waals surface area contributed by atoms with Gasteiger partial charge in [-0.25, -0.2) is 0 Å². The lowest BCUT2D eigenvalue weighted by molar-refractivity contribution is 0.100. The standard InChI is InChI=1S/C16H14BrClN2O/c17-11-3-4-12-9(7-11)2-6-14(12)20-15-8-10(16(19)21)1-5-13(15)18/h1,3-5,7-8,14,20H,2,6H2,(H2,19,21). The van der Waals surface area contributed by atoms with E-state index in [1.165, 1.54) is 11.1 Å². The minimum absolute atomic E-state index is 0.203. The quantitative estimate of drug-likeness (QED) is 0.852. The summed E-state index contributed by atoms with van der Waals surface area (Å²) in [6.07, 6.45) is 2.03. The van der Waals surface area contributed by atoms with E-state index in [2.05, 4.69) is 33.4 Å². The highest BCUT2D eigenvalue weighted by Crippen LogP contribution is 2.37. The number of halogens is 2. The summed E-state index contributed by atoms with van der Waals surface area (Å²) in [5.41, 5.74) is 9.13. The Balaban J connectivity index is 1.89. The van der Waals surface area contributed by atoms with Crippen LogP contribution in [0.1, 0.15) is 33.9 Å². The van der Waals surface area contributed by atoms with Gasteiger partial charge in [0.15, 0.2) is 0 Å². The average Bonchev–Trinajstić information content (AvgIpc) is 2.83. The maximum Gasteiger partial charge on any atom is 0.248 e. The predicted molar refractivity (Wildman–Crippen MR) is 88.8 cm³/mol. The molecule has 1 unspecified atom stereocenters. The van der Waals surface area contributed by atoms with Gasteiger partial charge in [-0.3, -0.25) is 4.79 Å². The van der Waals surface area contributed by atoms with Crippen molar-refractivity contribution in [1.82, 2.24) is 0 Å². The van der Waals surface area contributed by atoms with Crippen LogP contribution in [0.3, 0.4) is 0 Å². The van der Waals surface area contributed by atoms with Crippen LogP contribution in [-0.2, 0) is 6.42 Å². The molecule has 0 aliphatic heterocycles. The number of carbonyl (C=O) groups excluding carboxylic acids is 1. The highest BCUT2D eigenvalue weighted by Gasteiger charge is 2.23. The van der Waals surface area contributed by atoms with E-state index in [0.717, 1.165) is 23.0 Å². The molecule has 1 aliphatic carbocycles. The number of rotatable bonds is 3. The van der Waals surface area contributed by atoms with E-state index in [9.17, 15) is 4.79 Å². The van der Waals surface area contributed by atoms with Gasteiger partial charge in [0, 0.05) is 10.0 Å². The molecule has 0 saturated carbocycles. The largest absolute Gasteiger partial charge is 0.377 e. The van der Waals surface area contributed by atoms with E-state index >= 15 is 0 Å². The van der Waals surface area contributed by atoms with Crippen molar-refractivity contribution in [3.05, 3.63) is 62.6 Å². The maximum absolute atomic E-state index is 11.3. The molecule has 0 saturated heterocycles. The Hall–Kier alpha value is -1.52. The summed E-state index contributed by atoms with van der Waals surface area (Å²) in [6.45, 7) is 0. The van der Waals surface area contributed by atoms with Gasteiger partial charge >= 0.3 is 0 Å². The molecule has 3 nitrogen and oxygen atoms in total. The third kappa shape index (κ3) is 2.92. The number of nitrogens with one attached hydrogen (secondary N) is 1. The lowest BCUT2D eigenvalue weighted by Gasteiger charge is -2.17. The average molecular weight is 366 g/mol. The van der Waals surface area contributed by atoms with E-state index in [-0.39, 0.29) is 6.04 Å². The molecule has 0 fully saturated rings. The minimum Gasteiger partial charge on any atom is -0.377 e. The van der Waals surface area contributed by atoms with Gasteiger partial charge in [-0.2, -0.15) is 0 Å². The Labute approximate surface area is 136 Å². The molecule has 1 amide bonds. The normalized spacial score (nSPS) is 16.6. The van der Waals surface area contributed by atoms with Gasteiger partial charge in [-0.1, -0.05) is 33.6 Å². The van der Waals surface area contributed by atoms with Gasteiger partial charge in [0.2, 0.25) is 5.91 Å². The van der Waals surface area contributed by atoms with Gasteiger partial charge < -0.3 is 11.1 Å². The number of carbonyl (C=O) groups is 1. The van der Waals surface area contributed by atoms with Crippen LogP contribution in [-0.4, -0.2) is 5.91 Å². The Kier molecular flexibility index (Phi) is 3.91. The predicted octanol–water partition coefficient (Wildman–Crippen LogP) is 4.30. The molecule has 108 valence electrons. The van der Waals surface area contributed by atoms with Crippen LogP contribution in [0.5, 0.6) is 0 Å². The van der Waals surface area contributed by atoms with Crippen LogP contribution in [0.4, 0.5) is 5.69 Å². The van der Waals surface area contributed by atoms with E-state index in [4.69, 9.17) is 17.3 Å². The van der Waals surface area contributed by atoms with Gasteiger partial charge in [-0.05, 0) is 54.3 Å². The fourth-order valence-corrected chi connectivity index (χ4v) is 3.29. The summed E-state index contributed by atoms with van der Waals surface area (Å²) in [5, 5.41) is 4.01. The third-order valence-electron chi connectivity index (χ3n) is 3.76. The first-order chi connectivity index (χ1) is 10.0. The molecule has 21 heavy (non-hydrogen) atoms. The monoisotopic (exact) mass is 364 g/mol. The van der Waals surface area contributed by atoms with E-state index in [0.29, 0.717) is 10.6 Å². The number of hydrogen-bond acceptors (Lipinski definition) is 2. The van der Waals surface area contributed by atoms with Crippen molar-refractivity contribution >= 4 is 39.1 Å². The zero-order chi connectivity index (χ0) is 15.0. The van der Waals surface area contributed by atoms with E-state index in [1.54, 1.807) is 18.2 Å².